The monoisotopic (exact) mass is 275 g/mol. The minimum Gasteiger partial charge on any atom is -0.344 e. The summed E-state index contributed by atoms with van der Waals surface area (Å²) in [5.74, 6) is 0. The molecule has 0 unspecified atom stereocenters. The van der Waals surface area contributed by atoms with Gasteiger partial charge in [0.15, 0.2) is 5.13 Å². The molecule has 4 heteroatoms. The summed E-state index contributed by atoms with van der Waals surface area (Å²) in [7, 11) is 0. The van der Waals surface area contributed by atoms with Crippen LogP contribution in [-0.2, 0) is 19.5 Å². The molecular formula is C15H21N3S. The van der Waals surface area contributed by atoms with Crippen LogP contribution in [0, 0.1) is 0 Å². The molecule has 3 nitrogen and oxygen atoms in total. The summed E-state index contributed by atoms with van der Waals surface area (Å²) in [6.45, 7) is 6.74. The molecule has 0 saturated heterocycles. The molecular weight excluding hydrogens is 254 g/mol. The molecule has 2 N–H and O–H groups in total. The smallest absolute Gasteiger partial charge is 0.186 e. The van der Waals surface area contributed by atoms with Crippen LogP contribution in [0.3, 0.4) is 0 Å². The zero-order valence-electron chi connectivity index (χ0n) is 11.6. The maximum Gasteiger partial charge on any atom is 0.186 e. The van der Waals surface area contributed by atoms with Crippen molar-refractivity contribution >= 4 is 16.5 Å². The largest absolute Gasteiger partial charge is 0.344 e. The van der Waals surface area contributed by atoms with E-state index in [1.54, 1.807) is 11.3 Å². The molecule has 0 aliphatic heterocycles. The van der Waals surface area contributed by atoms with Gasteiger partial charge in [-0.15, -0.1) is 11.3 Å². The van der Waals surface area contributed by atoms with Crippen LogP contribution in [-0.4, -0.2) is 11.5 Å². The summed E-state index contributed by atoms with van der Waals surface area (Å²) in [5, 5.41) is 1.09. The van der Waals surface area contributed by atoms with Gasteiger partial charge in [0.1, 0.15) is 0 Å². The van der Waals surface area contributed by atoms with Gasteiger partial charge in [0.25, 0.3) is 0 Å². The van der Waals surface area contributed by atoms with E-state index in [0.717, 1.165) is 30.3 Å². The van der Waals surface area contributed by atoms with Crippen molar-refractivity contribution in [2.45, 2.75) is 33.4 Å². The molecule has 1 heterocycles. The predicted molar refractivity (Wildman–Crippen MR) is 82.5 cm³/mol. The molecule has 0 aliphatic rings. The van der Waals surface area contributed by atoms with Crippen LogP contribution in [0.5, 0.6) is 0 Å². The number of benzene rings is 1. The van der Waals surface area contributed by atoms with E-state index < -0.39 is 0 Å². The highest BCUT2D eigenvalue weighted by Gasteiger charge is 2.13. The van der Waals surface area contributed by atoms with Crippen molar-refractivity contribution in [3.05, 3.63) is 46.5 Å². The molecule has 0 aliphatic carbocycles. The van der Waals surface area contributed by atoms with Crippen molar-refractivity contribution in [1.29, 1.82) is 0 Å². The van der Waals surface area contributed by atoms with Crippen molar-refractivity contribution in [1.82, 2.24) is 4.98 Å². The number of aromatic nitrogens is 1. The Labute approximate surface area is 119 Å². The van der Waals surface area contributed by atoms with E-state index in [1.807, 2.05) is 6.07 Å². The first-order valence-electron chi connectivity index (χ1n) is 6.76. The SMILES string of the molecule is CCc1nc(N(CC)Cc2ccccc2)sc1CN. The first kappa shape index (κ1) is 14.0. The third-order valence-corrected chi connectivity index (χ3v) is 4.34. The Morgan fingerprint density at radius 2 is 1.95 bits per heavy atom. The van der Waals surface area contributed by atoms with Gasteiger partial charge in [0.2, 0.25) is 0 Å². The van der Waals surface area contributed by atoms with E-state index in [9.17, 15) is 0 Å². The van der Waals surface area contributed by atoms with Crippen molar-refractivity contribution in [2.24, 2.45) is 5.73 Å². The highest BCUT2D eigenvalue weighted by atomic mass is 32.1. The highest BCUT2D eigenvalue weighted by molar-refractivity contribution is 7.15. The number of hydrogen-bond acceptors (Lipinski definition) is 4. The molecule has 0 amide bonds. The summed E-state index contributed by atoms with van der Waals surface area (Å²) >= 11 is 1.73. The Bertz CT molecular complexity index is 486. The van der Waals surface area contributed by atoms with Crippen molar-refractivity contribution < 1.29 is 0 Å². The number of nitrogens with two attached hydrogens (primary N) is 1. The molecule has 2 aromatic rings. The highest BCUT2D eigenvalue weighted by Crippen LogP contribution is 2.27. The summed E-state index contributed by atoms with van der Waals surface area (Å²) in [5.41, 5.74) is 8.24. The maximum atomic E-state index is 5.79. The van der Waals surface area contributed by atoms with Crippen LogP contribution in [0.4, 0.5) is 5.13 Å². The van der Waals surface area contributed by atoms with E-state index in [-0.39, 0.29) is 0 Å². The number of thiazole rings is 1. The van der Waals surface area contributed by atoms with Gasteiger partial charge in [0, 0.05) is 24.5 Å². The Hall–Kier alpha value is -1.39. The lowest BCUT2D eigenvalue weighted by Gasteiger charge is -2.19. The number of hydrogen-bond donors (Lipinski definition) is 1. The second kappa shape index (κ2) is 6.68. The van der Waals surface area contributed by atoms with Gasteiger partial charge in [-0.2, -0.15) is 0 Å². The van der Waals surface area contributed by atoms with E-state index in [1.165, 1.54) is 10.4 Å². The average molecular weight is 275 g/mol. The van der Waals surface area contributed by atoms with Gasteiger partial charge >= 0.3 is 0 Å². The average Bonchev–Trinajstić information content (AvgIpc) is 2.89. The maximum absolute atomic E-state index is 5.79. The number of aryl methyl sites for hydroxylation is 1. The molecule has 0 saturated carbocycles. The van der Waals surface area contributed by atoms with Crippen molar-refractivity contribution in [3.8, 4) is 0 Å². The minimum atomic E-state index is 0.587. The first-order valence-corrected chi connectivity index (χ1v) is 7.57. The third-order valence-electron chi connectivity index (χ3n) is 3.16. The molecule has 0 atom stereocenters. The lowest BCUT2D eigenvalue weighted by Crippen LogP contribution is -2.21. The molecule has 2 rings (SSSR count). The zero-order chi connectivity index (χ0) is 13.7. The van der Waals surface area contributed by atoms with Crippen molar-refractivity contribution in [2.75, 3.05) is 11.4 Å². The van der Waals surface area contributed by atoms with Crippen molar-refractivity contribution in [3.63, 3.8) is 0 Å². The fourth-order valence-electron chi connectivity index (χ4n) is 2.06. The van der Waals surface area contributed by atoms with Crippen LogP contribution < -0.4 is 10.6 Å². The molecule has 19 heavy (non-hydrogen) atoms. The molecule has 1 aromatic heterocycles. The first-order chi connectivity index (χ1) is 9.28. The second-order valence-electron chi connectivity index (χ2n) is 4.42. The molecule has 0 radical (unpaired) electrons. The van der Waals surface area contributed by atoms with E-state index in [4.69, 9.17) is 10.7 Å². The van der Waals surface area contributed by atoms with Crippen LogP contribution in [0.15, 0.2) is 30.3 Å². The third kappa shape index (κ3) is 3.33. The second-order valence-corrected chi connectivity index (χ2v) is 5.49. The van der Waals surface area contributed by atoms with E-state index in [2.05, 4.69) is 43.0 Å². The normalized spacial score (nSPS) is 10.7. The van der Waals surface area contributed by atoms with E-state index >= 15 is 0 Å². The van der Waals surface area contributed by atoms with Crippen LogP contribution in [0.25, 0.3) is 0 Å². The van der Waals surface area contributed by atoms with Crippen LogP contribution >= 0.6 is 11.3 Å². The lowest BCUT2D eigenvalue weighted by atomic mass is 10.2. The van der Waals surface area contributed by atoms with Crippen LogP contribution in [0.1, 0.15) is 30.0 Å². The fraction of sp³-hybridized carbons (Fsp3) is 0.400. The van der Waals surface area contributed by atoms with Gasteiger partial charge in [-0.25, -0.2) is 4.98 Å². The number of rotatable bonds is 6. The van der Waals surface area contributed by atoms with Gasteiger partial charge in [-0.1, -0.05) is 37.3 Å². The van der Waals surface area contributed by atoms with Gasteiger partial charge in [-0.3, -0.25) is 0 Å². The summed E-state index contributed by atoms with van der Waals surface area (Å²) in [6.07, 6.45) is 0.950. The predicted octanol–water partition coefficient (Wildman–Crippen LogP) is 3.19. The molecule has 1 aromatic carbocycles. The Morgan fingerprint density at radius 1 is 1.21 bits per heavy atom. The van der Waals surface area contributed by atoms with Crippen LogP contribution in [0.2, 0.25) is 0 Å². The molecule has 0 bridgehead atoms. The molecule has 102 valence electrons. The zero-order valence-corrected chi connectivity index (χ0v) is 12.4. The Balaban J connectivity index is 2.19. The van der Waals surface area contributed by atoms with Gasteiger partial charge in [0.05, 0.1) is 5.69 Å². The minimum absolute atomic E-state index is 0.587. The topological polar surface area (TPSA) is 42.2 Å². The standard InChI is InChI=1S/C15H21N3S/c1-3-13-14(10-16)19-15(17-13)18(4-2)11-12-8-6-5-7-9-12/h5-9H,3-4,10-11,16H2,1-2H3. The molecule has 0 fully saturated rings. The summed E-state index contributed by atoms with van der Waals surface area (Å²) in [6, 6.07) is 10.5. The Kier molecular flexibility index (Phi) is 4.93. The van der Waals surface area contributed by atoms with Gasteiger partial charge in [-0.05, 0) is 18.9 Å². The number of anilines is 1. The lowest BCUT2D eigenvalue weighted by molar-refractivity contribution is 0.821. The summed E-state index contributed by atoms with van der Waals surface area (Å²) < 4.78 is 0. The van der Waals surface area contributed by atoms with Gasteiger partial charge < -0.3 is 10.6 Å². The fourth-order valence-corrected chi connectivity index (χ4v) is 3.15. The van der Waals surface area contributed by atoms with E-state index in [0.29, 0.717) is 6.54 Å². The quantitative estimate of drug-likeness (QED) is 0.880. The Morgan fingerprint density at radius 3 is 2.47 bits per heavy atom. The molecule has 0 spiro atoms. The number of nitrogens with zero attached hydrogens (tertiary/aromatic N) is 2. The summed E-state index contributed by atoms with van der Waals surface area (Å²) in [4.78, 5) is 8.25.